The topological polar surface area (TPSA) is 131 Å². The third-order valence-corrected chi connectivity index (χ3v) is 13.0. The third-order valence-electron chi connectivity index (χ3n) is 11.3. The van der Waals surface area contributed by atoms with Crippen molar-refractivity contribution in [3.63, 3.8) is 0 Å². The number of aliphatic hydroxyl groups is 1. The highest BCUT2D eigenvalue weighted by Crippen LogP contribution is 2.69. The van der Waals surface area contributed by atoms with E-state index >= 15 is 0 Å². The molecule has 12 heteroatoms. The van der Waals surface area contributed by atoms with Gasteiger partial charge in [-0.1, -0.05) is 35.7 Å². The maximum absolute atomic E-state index is 14.0. The molecule has 3 aromatic rings. The van der Waals surface area contributed by atoms with E-state index in [-0.39, 0.29) is 44.7 Å². The summed E-state index contributed by atoms with van der Waals surface area (Å²) in [6.45, 7) is 5.93. The molecule has 0 bridgehead atoms. The Hall–Kier alpha value is -3.40. The monoisotopic (exact) mass is 647 g/mol. The van der Waals surface area contributed by atoms with E-state index in [0.717, 1.165) is 53.1 Å². The molecule has 45 heavy (non-hydrogen) atoms. The fraction of sp³-hybridized carbons (Fsp3) is 0.515. The predicted molar refractivity (Wildman–Crippen MR) is 167 cm³/mol. The van der Waals surface area contributed by atoms with Crippen LogP contribution < -0.4 is 0 Å². The Labute approximate surface area is 269 Å². The summed E-state index contributed by atoms with van der Waals surface area (Å²) < 4.78 is 25.6. The molecule has 0 aliphatic heterocycles. The molecule has 0 amide bonds. The van der Waals surface area contributed by atoms with Crippen LogP contribution in [0.2, 0.25) is 0 Å². The normalized spacial score (nSPS) is 33.2. The molecule has 1 N–H and O–H groups in total. The number of esters is 1. The Morgan fingerprint density at radius 1 is 1.27 bits per heavy atom. The van der Waals surface area contributed by atoms with Crippen molar-refractivity contribution in [3.8, 4) is 11.8 Å². The highest BCUT2D eigenvalue weighted by atomic mass is 32.2. The molecule has 3 saturated carbocycles. The zero-order valence-corrected chi connectivity index (χ0v) is 27.0. The highest BCUT2D eigenvalue weighted by Gasteiger charge is 2.70. The molecule has 0 saturated heterocycles. The van der Waals surface area contributed by atoms with Crippen LogP contribution in [0.5, 0.6) is 0 Å². The van der Waals surface area contributed by atoms with Crippen molar-refractivity contribution in [2.24, 2.45) is 28.6 Å². The summed E-state index contributed by atoms with van der Waals surface area (Å²) in [7, 11) is 0. The van der Waals surface area contributed by atoms with Crippen molar-refractivity contribution < 1.29 is 23.8 Å². The molecule has 0 radical (unpaired) electrons. The Morgan fingerprint density at radius 3 is 2.76 bits per heavy atom. The van der Waals surface area contributed by atoms with E-state index in [1.165, 1.54) is 17.7 Å². The molecule has 0 unspecified atom stereocenters. The summed E-state index contributed by atoms with van der Waals surface area (Å²) in [5.41, 5.74) is 1.96. The number of rotatable bonds is 5. The van der Waals surface area contributed by atoms with Crippen LogP contribution in [0.15, 0.2) is 36.0 Å². The number of hydrogen-bond donors (Lipinski definition) is 1. The number of fused-ring (bicyclic) bond motifs is 6. The summed E-state index contributed by atoms with van der Waals surface area (Å²) >= 11 is 1.82. The first-order valence-corrected chi connectivity index (χ1v) is 17.1. The van der Waals surface area contributed by atoms with Gasteiger partial charge in [0.25, 0.3) is 0 Å². The van der Waals surface area contributed by atoms with Gasteiger partial charge >= 0.3 is 5.97 Å². The average molecular weight is 648 g/mol. The minimum absolute atomic E-state index is 0.0349. The summed E-state index contributed by atoms with van der Waals surface area (Å²) in [4.78, 5) is 27.8. The second kappa shape index (κ2) is 10.9. The van der Waals surface area contributed by atoms with E-state index in [0.29, 0.717) is 31.4 Å². The minimum Gasteiger partial charge on any atom is -0.445 e. The van der Waals surface area contributed by atoms with E-state index < -0.39 is 23.1 Å². The number of ether oxygens (including phenoxy) is 1. The molecule has 3 fully saturated rings. The summed E-state index contributed by atoms with van der Waals surface area (Å²) in [6.07, 6.45) is 7.05. The number of hydrogen-bond acceptors (Lipinski definition) is 10. The number of thioether (sulfide) groups is 1. The van der Waals surface area contributed by atoms with E-state index in [1.807, 2.05) is 23.9 Å². The van der Waals surface area contributed by atoms with Gasteiger partial charge in [0, 0.05) is 5.41 Å². The third kappa shape index (κ3) is 4.45. The summed E-state index contributed by atoms with van der Waals surface area (Å²) in [6, 6.07) is 8.34. The molecule has 7 rings (SSSR count). The maximum atomic E-state index is 14.0. The number of aryl methyl sites for hydroxylation is 1. The number of nitriles is 1. The number of carbonyl (C=O) groups is 2. The molecule has 2 aromatic heterocycles. The smallest absolute Gasteiger partial charge is 0.352 e. The maximum Gasteiger partial charge on any atom is 0.352 e. The molecule has 1 aromatic carbocycles. The SMILES string of the molecule is Cc1nnsc1C(=O)O[C@]1(C(=O)SCC#N)CC[C@H]2[C@@H]3CCC4=Cc5c(cnn5-c5ccc(F)cc5)C[C@]4(C)[C@H]3[C@@H](O)C[C@@]21C. The molecule has 4 aliphatic rings. The zero-order valence-electron chi connectivity index (χ0n) is 25.3. The first-order valence-electron chi connectivity index (χ1n) is 15.3. The molecular weight excluding hydrogens is 614 g/mol. The molecule has 234 valence electrons. The Bertz CT molecular complexity index is 1760. The summed E-state index contributed by atoms with van der Waals surface area (Å²) in [5, 5.41) is 29.7. The number of carbonyl (C=O) groups excluding carboxylic acids is 2. The Kier molecular flexibility index (Phi) is 7.30. The molecule has 0 spiro atoms. The number of nitrogens with zero attached hydrogens (tertiary/aromatic N) is 5. The fourth-order valence-corrected chi connectivity index (χ4v) is 10.7. The van der Waals surface area contributed by atoms with Crippen LogP contribution in [0.1, 0.15) is 72.6 Å². The lowest BCUT2D eigenvalue weighted by atomic mass is 9.45. The second-order valence-electron chi connectivity index (χ2n) is 13.4. The van der Waals surface area contributed by atoms with Crippen molar-refractivity contribution in [3.05, 3.63) is 63.7 Å². The van der Waals surface area contributed by atoms with Crippen molar-refractivity contribution >= 4 is 40.5 Å². The van der Waals surface area contributed by atoms with Crippen LogP contribution in [0.4, 0.5) is 4.39 Å². The molecule has 9 nitrogen and oxygen atoms in total. The standard InChI is InChI=1S/C33H34FN5O4S2/c1-18-28(45-38-37-18)29(41)43-33(30(42)44-13-12-35)11-10-24-23-9-4-20-14-25-19(17-36-39(25)22-7-5-21(34)6-8-22)15-31(20,2)27(23)26(40)16-32(24,33)3/h5-8,14,17,23-24,26-27,40H,4,9-11,13,15-16H2,1-3H3/t23-,24-,26-,27+,31-,32-,33-/m0/s1. The van der Waals surface area contributed by atoms with Crippen LogP contribution in [0.3, 0.4) is 0 Å². The number of aromatic nitrogens is 4. The first kappa shape index (κ1) is 30.3. The minimum atomic E-state index is -1.48. The van der Waals surface area contributed by atoms with E-state index in [2.05, 4.69) is 27.7 Å². The molecule has 7 atom stereocenters. The van der Waals surface area contributed by atoms with Gasteiger partial charge in [0.1, 0.15) is 5.82 Å². The number of aliphatic hydroxyl groups excluding tert-OH is 1. The van der Waals surface area contributed by atoms with E-state index in [4.69, 9.17) is 4.74 Å². The lowest BCUT2D eigenvalue weighted by Crippen LogP contribution is -2.62. The van der Waals surface area contributed by atoms with Gasteiger partial charge in [-0.2, -0.15) is 10.4 Å². The zero-order chi connectivity index (χ0) is 31.7. The number of halogens is 1. The largest absolute Gasteiger partial charge is 0.445 e. The molecular formula is C33H34FN5O4S2. The van der Waals surface area contributed by atoms with Crippen molar-refractivity contribution in [2.75, 3.05) is 5.75 Å². The second-order valence-corrected chi connectivity index (χ2v) is 15.1. The average Bonchev–Trinajstić information content (AvgIpc) is 3.70. The quantitative estimate of drug-likeness (QED) is 0.346. The van der Waals surface area contributed by atoms with Gasteiger partial charge in [-0.25, -0.2) is 13.9 Å². The van der Waals surface area contributed by atoms with E-state index in [9.17, 15) is 24.3 Å². The lowest BCUT2D eigenvalue weighted by Gasteiger charge is -2.60. The Morgan fingerprint density at radius 2 is 2.04 bits per heavy atom. The lowest BCUT2D eigenvalue weighted by molar-refractivity contribution is -0.174. The van der Waals surface area contributed by atoms with Gasteiger partial charge in [-0.15, -0.1) is 5.10 Å². The van der Waals surface area contributed by atoms with Crippen molar-refractivity contribution in [1.29, 1.82) is 5.26 Å². The van der Waals surface area contributed by atoms with Gasteiger partial charge in [0.15, 0.2) is 10.5 Å². The van der Waals surface area contributed by atoms with Gasteiger partial charge < -0.3 is 9.84 Å². The summed E-state index contributed by atoms with van der Waals surface area (Å²) in [5.74, 6) is -0.892. The highest BCUT2D eigenvalue weighted by molar-refractivity contribution is 8.14. The van der Waals surface area contributed by atoms with Crippen LogP contribution in [-0.4, -0.2) is 53.0 Å². The van der Waals surface area contributed by atoms with Crippen molar-refractivity contribution in [2.45, 2.75) is 71.0 Å². The van der Waals surface area contributed by atoms with E-state index in [1.54, 1.807) is 19.1 Å². The fourth-order valence-electron chi connectivity index (χ4n) is 9.34. The van der Waals surface area contributed by atoms with Crippen LogP contribution in [-0.2, 0) is 16.0 Å². The Balaban J connectivity index is 1.23. The van der Waals surface area contributed by atoms with Crippen LogP contribution in [0.25, 0.3) is 11.8 Å². The van der Waals surface area contributed by atoms with Crippen molar-refractivity contribution in [1.82, 2.24) is 19.4 Å². The number of allylic oxidation sites excluding steroid dienone is 1. The number of benzene rings is 1. The van der Waals surface area contributed by atoms with Crippen LogP contribution >= 0.6 is 23.3 Å². The predicted octanol–water partition coefficient (Wildman–Crippen LogP) is 5.70. The van der Waals surface area contributed by atoms with Gasteiger partial charge in [0.2, 0.25) is 5.12 Å². The molecule has 2 heterocycles. The van der Waals surface area contributed by atoms with Crippen LogP contribution in [0, 0.1) is 52.7 Å². The molecule has 4 aliphatic carbocycles. The van der Waals surface area contributed by atoms with Gasteiger partial charge in [-0.3, -0.25) is 4.79 Å². The van der Waals surface area contributed by atoms with Gasteiger partial charge in [0.05, 0.1) is 41.2 Å². The first-order chi connectivity index (χ1) is 21.5. The van der Waals surface area contributed by atoms with Gasteiger partial charge in [-0.05, 0) is 116 Å².